The van der Waals surface area contributed by atoms with Crippen LogP contribution in [-0.2, 0) is 4.79 Å². The van der Waals surface area contributed by atoms with Crippen molar-refractivity contribution in [2.24, 2.45) is 0 Å². The highest BCUT2D eigenvalue weighted by Crippen LogP contribution is 2.36. The lowest BCUT2D eigenvalue weighted by atomic mass is 10.0. The number of benzene rings is 2. The van der Waals surface area contributed by atoms with E-state index in [1.54, 1.807) is 10.8 Å². The quantitative estimate of drug-likeness (QED) is 0.541. The first-order valence-electron chi connectivity index (χ1n) is 10.3. The SMILES string of the molecule is CCOc1ccccc1C1C=C(C(=O)O)Nc2c(C(=O)Nc3ccc(C)c(C)c3)cnn21. The van der Waals surface area contributed by atoms with E-state index < -0.39 is 12.0 Å². The zero-order valence-corrected chi connectivity index (χ0v) is 18.0. The molecule has 8 nitrogen and oxygen atoms in total. The van der Waals surface area contributed by atoms with Crippen molar-refractivity contribution in [1.29, 1.82) is 0 Å². The molecule has 1 aliphatic heterocycles. The van der Waals surface area contributed by atoms with E-state index in [2.05, 4.69) is 15.7 Å². The molecule has 0 radical (unpaired) electrons. The van der Waals surface area contributed by atoms with E-state index in [-0.39, 0.29) is 17.2 Å². The molecule has 1 aliphatic rings. The van der Waals surface area contributed by atoms with Crippen molar-refractivity contribution in [3.63, 3.8) is 0 Å². The Kier molecular flexibility index (Phi) is 5.68. The Hall–Kier alpha value is -4.07. The second-order valence-corrected chi connectivity index (χ2v) is 7.53. The Balaban J connectivity index is 1.73. The molecule has 32 heavy (non-hydrogen) atoms. The topological polar surface area (TPSA) is 105 Å². The van der Waals surface area contributed by atoms with Gasteiger partial charge in [-0.05, 0) is 56.2 Å². The van der Waals surface area contributed by atoms with Crippen molar-refractivity contribution in [1.82, 2.24) is 9.78 Å². The first kappa shape index (κ1) is 21.2. The van der Waals surface area contributed by atoms with E-state index >= 15 is 0 Å². The van der Waals surface area contributed by atoms with Gasteiger partial charge in [0.25, 0.3) is 5.91 Å². The first-order chi connectivity index (χ1) is 15.4. The predicted octanol–water partition coefficient (Wildman–Crippen LogP) is 4.13. The van der Waals surface area contributed by atoms with Gasteiger partial charge < -0.3 is 20.5 Å². The van der Waals surface area contributed by atoms with Gasteiger partial charge in [0.15, 0.2) is 0 Å². The molecular formula is C24H24N4O4. The number of nitrogens with zero attached hydrogens (tertiary/aromatic N) is 2. The molecule has 0 saturated carbocycles. The zero-order chi connectivity index (χ0) is 22.8. The molecule has 0 saturated heterocycles. The fourth-order valence-electron chi connectivity index (χ4n) is 3.64. The molecule has 0 aliphatic carbocycles. The van der Waals surface area contributed by atoms with Crippen LogP contribution in [0.1, 0.15) is 40.0 Å². The number of aliphatic carboxylic acids is 1. The minimum Gasteiger partial charge on any atom is -0.494 e. The average molecular weight is 432 g/mol. The maximum atomic E-state index is 13.0. The second-order valence-electron chi connectivity index (χ2n) is 7.53. The summed E-state index contributed by atoms with van der Waals surface area (Å²) in [7, 11) is 0. The lowest BCUT2D eigenvalue weighted by Gasteiger charge is -2.25. The molecule has 3 aromatic rings. The van der Waals surface area contributed by atoms with Crippen LogP contribution in [0.4, 0.5) is 11.5 Å². The van der Waals surface area contributed by atoms with Crippen LogP contribution in [0.2, 0.25) is 0 Å². The van der Waals surface area contributed by atoms with Gasteiger partial charge in [0.1, 0.15) is 28.9 Å². The lowest BCUT2D eigenvalue weighted by Crippen LogP contribution is -2.26. The van der Waals surface area contributed by atoms with Crippen molar-refractivity contribution in [2.75, 3.05) is 17.2 Å². The number of ether oxygens (including phenoxy) is 1. The summed E-state index contributed by atoms with van der Waals surface area (Å²) in [6.45, 7) is 6.32. The number of rotatable bonds is 6. The molecular weight excluding hydrogens is 408 g/mol. The molecule has 2 aromatic carbocycles. The third kappa shape index (κ3) is 3.94. The number of aromatic nitrogens is 2. The molecule has 1 aromatic heterocycles. The summed E-state index contributed by atoms with van der Waals surface area (Å²) < 4.78 is 7.33. The van der Waals surface area contributed by atoms with Crippen LogP contribution >= 0.6 is 0 Å². The Morgan fingerprint density at radius 1 is 1.19 bits per heavy atom. The van der Waals surface area contributed by atoms with Gasteiger partial charge in [0.05, 0.1) is 12.8 Å². The summed E-state index contributed by atoms with van der Waals surface area (Å²) in [6.07, 6.45) is 3.00. The second kappa shape index (κ2) is 8.58. The lowest BCUT2D eigenvalue weighted by molar-refractivity contribution is -0.132. The minimum absolute atomic E-state index is 0.0328. The van der Waals surface area contributed by atoms with Crippen LogP contribution in [0.25, 0.3) is 0 Å². The van der Waals surface area contributed by atoms with Crippen LogP contribution in [0, 0.1) is 13.8 Å². The van der Waals surface area contributed by atoms with Gasteiger partial charge in [0.2, 0.25) is 0 Å². The molecule has 1 atom stereocenters. The number of allylic oxidation sites excluding steroid dienone is 1. The minimum atomic E-state index is -1.13. The number of carboxylic acids is 1. The van der Waals surface area contributed by atoms with Gasteiger partial charge >= 0.3 is 5.97 Å². The van der Waals surface area contributed by atoms with Gasteiger partial charge in [-0.25, -0.2) is 9.48 Å². The number of hydrogen-bond acceptors (Lipinski definition) is 5. The van der Waals surface area contributed by atoms with Gasteiger partial charge in [-0.15, -0.1) is 0 Å². The van der Waals surface area contributed by atoms with Crippen molar-refractivity contribution in [3.8, 4) is 5.75 Å². The number of anilines is 2. The summed E-state index contributed by atoms with van der Waals surface area (Å²) in [5.41, 5.74) is 3.80. The average Bonchev–Trinajstić information content (AvgIpc) is 3.20. The number of carboxylic acid groups (broad SMARTS) is 1. The van der Waals surface area contributed by atoms with E-state index in [9.17, 15) is 14.7 Å². The highest BCUT2D eigenvalue weighted by atomic mass is 16.5. The fourth-order valence-corrected chi connectivity index (χ4v) is 3.64. The normalized spacial score (nSPS) is 14.7. The van der Waals surface area contributed by atoms with Gasteiger partial charge in [0, 0.05) is 11.3 Å². The number of para-hydroxylation sites is 1. The molecule has 8 heteroatoms. The molecule has 0 fully saturated rings. The molecule has 3 N–H and O–H groups in total. The monoisotopic (exact) mass is 432 g/mol. The molecule has 0 spiro atoms. The van der Waals surface area contributed by atoms with Gasteiger partial charge in [-0.2, -0.15) is 5.10 Å². The molecule has 1 amide bonds. The van der Waals surface area contributed by atoms with Crippen LogP contribution in [0.5, 0.6) is 5.75 Å². The van der Waals surface area contributed by atoms with Crippen molar-refractivity contribution >= 4 is 23.4 Å². The van der Waals surface area contributed by atoms with Crippen molar-refractivity contribution < 1.29 is 19.4 Å². The summed E-state index contributed by atoms with van der Waals surface area (Å²) in [5.74, 6) is -0.574. The summed E-state index contributed by atoms with van der Waals surface area (Å²) in [5, 5.41) is 19.8. The molecule has 0 bridgehead atoms. The number of carbonyl (C=O) groups excluding carboxylic acids is 1. The van der Waals surface area contributed by atoms with Crippen LogP contribution in [-0.4, -0.2) is 33.4 Å². The van der Waals surface area contributed by atoms with E-state index in [0.29, 0.717) is 23.9 Å². The third-order valence-electron chi connectivity index (χ3n) is 5.41. The van der Waals surface area contributed by atoms with Crippen molar-refractivity contribution in [3.05, 3.63) is 82.7 Å². The summed E-state index contributed by atoms with van der Waals surface area (Å²) in [4.78, 5) is 24.9. The number of aryl methyl sites for hydroxylation is 2. The molecule has 4 rings (SSSR count). The number of fused-ring (bicyclic) bond motifs is 1. The molecule has 1 unspecified atom stereocenters. The smallest absolute Gasteiger partial charge is 0.352 e. The van der Waals surface area contributed by atoms with E-state index in [1.165, 1.54) is 6.20 Å². The fraction of sp³-hybridized carbons (Fsp3) is 0.208. The molecule has 164 valence electrons. The highest BCUT2D eigenvalue weighted by molar-refractivity contribution is 6.08. The summed E-state index contributed by atoms with van der Waals surface area (Å²) in [6, 6.07) is 12.5. The van der Waals surface area contributed by atoms with E-state index in [4.69, 9.17) is 4.74 Å². The maximum absolute atomic E-state index is 13.0. The Morgan fingerprint density at radius 2 is 1.97 bits per heavy atom. The Morgan fingerprint density at radius 3 is 2.69 bits per heavy atom. The largest absolute Gasteiger partial charge is 0.494 e. The zero-order valence-electron chi connectivity index (χ0n) is 18.0. The van der Waals surface area contributed by atoms with Crippen molar-refractivity contribution in [2.45, 2.75) is 26.8 Å². The van der Waals surface area contributed by atoms with E-state index in [0.717, 1.165) is 16.7 Å². The maximum Gasteiger partial charge on any atom is 0.352 e. The number of hydrogen-bond donors (Lipinski definition) is 3. The van der Waals surface area contributed by atoms with Crippen LogP contribution in [0.15, 0.2) is 60.4 Å². The Labute approximate surface area is 185 Å². The number of amides is 1. The number of carbonyl (C=O) groups is 2. The third-order valence-corrected chi connectivity index (χ3v) is 5.41. The number of nitrogens with one attached hydrogen (secondary N) is 2. The van der Waals surface area contributed by atoms with Crippen LogP contribution < -0.4 is 15.4 Å². The standard InChI is InChI=1S/C24H24N4O4/c1-4-32-21-8-6-5-7-17(21)20-12-19(24(30)31)27-22-18(13-25-28(20)22)23(29)26-16-10-9-14(2)15(3)11-16/h5-13,20,27H,4H2,1-3H3,(H,26,29)(H,30,31). The molecule has 2 heterocycles. The predicted molar refractivity (Wildman–Crippen MR) is 121 cm³/mol. The van der Waals surface area contributed by atoms with Gasteiger partial charge in [-0.3, -0.25) is 4.79 Å². The Bertz CT molecular complexity index is 1230. The van der Waals surface area contributed by atoms with E-state index in [1.807, 2.05) is 63.2 Å². The van der Waals surface area contributed by atoms with Gasteiger partial charge in [-0.1, -0.05) is 24.3 Å². The first-order valence-corrected chi connectivity index (χ1v) is 10.3. The highest BCUT2D eigenvalue weighted by Gasteiger charge is 2.30. The van der Waals surface area contributed by atoms with Crippen LogP contribution in [0.3, 0.4) is 0 Å². The summed E-state index contributed by atoms with van der Waals surface area (Å²) >= 11 is 0.